The van der Waals surface area contributed by atoms with Crippen LogP contribution in [0.1, 0.15) is 65.6 Å². The summed E-state index contributed by atoms with van der Waals surface area (Å²) in [4.78, 5) is 26.2. The summed E-state index contributed by atoms with van der Waals surface area (Å²) >= 11 is 1.48. The molecule has 0 spiro atoms. The van der Waals surface area contributed by atoms with Gasteiger partial charge in [0, 0.05) is 4.88 Å². The summed E-state index contributed by atoms with van der Waals surface area (Å²) < 4.78 is 5.18. The third-order valence-corrected chi connectivity index (χ3v) is 6.38. The molecule has 0 saturated heterocycles. The Morgan fingerprint density at radius 1 is 1.40 bits per heavy atom. The molecule has 2 aliphatic carbocycles. The molecule has 5 nitrogen and oxygen atoms in total. The van der Waals surface area contributed by atoms with E-state index >= 15 is 0 Å². The molecule has 1 atom stereocenters. The van der Waals surface area contributed by atoms with Crippen LogP contribution in [0.2, 0.25) is 0 Å². The average Bonchev–Trinajstić information content (AvgIpc) is 3.03. The van der Waals surface area contributed by atoms with Crippen molar-refractivity contribution in [2.45, 2.75) is 63.8 Å². The van der Waals surface area contributed by atoms with Crippen LogP contribution in [-0.4, -0.2) is 24.0 Å². The Kier molecular flexibility index (Phi) is 5.43. The highest BCUT2D eigenvalue weighted by molar-refractivity contribution is 7.14. The van der Waals surface area contributed by atoms with E-state index in [1.807, 2.05) is 6.07 Å². The van der Waals surface area contributed by atoms with Gasteiger partial charge in [0.2, 0.25) is 0 Å². The molecule has 1 heterocycles. The van der Waals surface area contributed by atoms with E-state index in [9.17, 15) is 14.9 Å². The van der Waals surface area contributed by atoms with Gasteiger partial charge in [-0.1, -0.05) is 26.2 Å². The third-order valence-electron chi connectivity index (χ3n) is 5.16. The number of aryl methyl sites for hydroxylation is 1. The van der Waals surface area contributed by atoms with E-state index in [-0.39, 0.29) is 6.61 Å². The normalized spacial score (nSPS) is 21.7. The molecule has 6 heteroatoms. The van der Waals surface area contributed by atoms with Gasteiger partial charge in [-0.05, 0) is 49.7 Å². The summed E-state index contributed by atoms with van der Waals surface area (Å²) in [7, 11) is 0. The monoisotopic (exact) mass is 360 g/mol. The van der Waals surface area contributed by atoms with E-state index in [0.29, 0.717) is 23.6 Å². The summed E-state index contributed by atoms with van der Waals surface area (Å²) in [5, 5.41) is 12.2. The van der Waals surface area contributed by atoms with Gasteiger partial charge in [-0.25, -0.2) is 4.79 Å². The van der Waals surface area contributed by atoms with Crippen molar-refractivity contribution < 1.29 is 14.3 Å². The van der Waals surface area contributed by atoms with E-state index in [4.69, 9.17) is 4.74 Å². The molecule has 0 bridgehead atoms. The van der Waals surface area contributed by atoms with Crippen LogP contribution in [0.3, 0.4) is 0 Å². The fourth-order valence-corrected chi connectivity index (χ4v) is 4.83. The lowest BCUT2D eigenvalue weighted by Gasteiger charge is -2.31. The number of nitrogens with one attached hydrogen (secondary N) is 1. The highest BCUT2D eigenvalue weighted by atomic mass is 32.1. The van der Waals surface area contributed by atoms with E-state index < -0.39 is 17.4 Å². The Labute approximate surface area is 152 Å². The molecule has 0 radical (unpaired) electrons. The van der Waals surface area contributed by atoms with E-state index in [0.717, 1.165) is 38.5 Å². The minimum absolute atomic E-state index is 0.332. The fraction of sp³-hybridized carbons (Fsp3) is 0.632. The second-order valence-corrected chi connectivity index (χ2v) is 8.42. The molecule has 3 rings (SSSR count). The molecule has 134 valence electrons. The van der Waals surface area contributed by atoms with Gasteiger partial charge in [0.1, 0.15) is 10.4 Å². The molecular weight excluding hydrogens is 336 g/mol. The van der Waals surface area contributed by atoms with Crippen molar-refractivity contribution in [3.8, 4) is 6.07 Å². The lowest BCUT2D eigenvalue weighted by molar-refractivity contribution is -0.125. The van der Waals surface area contributed by atoms with Gasteiger partial charge in [-0.3, -0.25) is 4.79 Å². The van der Waals surface area contributed by atoms with Gasteiger partial charge in [0.05, 0.1) is 6.07 Å². The highest BCUT2D eigenvalue weighted by Crippen LogP contribution is 2.32. The summed E-state index contributed by atoms with van der Waals surface area (Å²) in [6.07, 6.45) is 7.47. The number of hydrogen-bond donors (Lipinski definition) is 1. The Bertz CT molecular complexity index is 698. The smallest absolute Gasteiger partial charge is 0.348 e. The van der Waals surface area contributed by atoms with Gasteiger partial charge < -0.3 is 10.1 Å². The van der Waals surface area contributed by atoms with Crippen LogP contribution in [0.5, 0.6) is 0 Å². The first kappa shape index (κ1) is 17.9. The SMILES string of the molecule is C[C@H]1CCc2sc(C(=O)OCC(=O)NC3(C#N)CCCCC3)cc2C1. The zero-order valence-corrected chi connectivity index (χ0v) is 15.4. The van der Waals surface area contributed by atoms with Crippen molar-refractivity contribution in [3.05, 3.63) is 21.4 Å². The maximum absolute atomic E-state index is 12.2. The van der Waals surface area contributed by atoms with E-state index in [1.54, 1.807) is 0 Å². The molecule has 1 fully saturated rings. The van der Waals surface area contributed by atoms with Crippen molar-refractivity contribution in [3.63, 3.8) is 0 Å². The predicted octanol–water partition coefficient (Wildman–Crippen LogP) is 3.37. The topological polar surface area (TPSA) is 79.2 Å². The number of nitrogens with zero attached hydrogens (tertiary/aromatic N) is 1. The lowest BCUT2D eigenvalue weighted by Crippen LogP contribution is -2.50. The Morgan fingerprint density at radius 2 is 2.16 bits per heavy atom. The van der Waals surface area contributed by atoms with Crippen LogP contribution in [0.15, 0.2) is 6.07 Å². The first-order valence-corrected chi connectivity index (χ1v) is 9.84. The number of rotatable bonds is 4. The standard InChI is InChI=1S/C19H24N2O3S/c1-13-5-6-15-14(9-13)10-16(25-15)18(23)24-11-17(22)21-19(12-20)7-3-2-4-8-19/h10,13H,2-9,11H2,1H3,(H,21,22)/t13-/m0/s1. The van der Waals surface area contributed by atoms with Crippen molar-refractivity contribution in [2.24, 2.45) is 5.92 Å². The molecule has 0 aliphatic heterocycles. The van der Waals surface area contributed by atoms with Crippen LogP contribution < -0.4 is 5.32 Å². The Balaban J connectivity index is 1.54. The van der Waals surface area contributed by atoms with E-state index in [1.165, 1.54) is 21.8 Å². The predicted molar refractivity (Wildman–Crippen MR) is 95.4 cm³/mol. The second kappa shape index (κ2) is 7.57. The first-order chi connectivity index (χ1) is 12.0. The number of amides is 1. The minimum Gasteiger partial charge on any atom is -0.451 e. The first-order valence-electron chi connectivity index (χ1n) is 9.02. The number of carbonyl (C=O) groups is 2. The molecule has 0 aromatic carbocycles. The molecule has 1 amide bonds. The minimum atomic E-state index is -0.792. The summed E-state index contributed by atoms with van der Waals surface area (Å²) in [6.45, 7) is 1.89. The molecule has 1 N–H and O–H groups in total. The van der Waals surface area contributed by atoms with Crippen LogP contribution >= 0.6 is 11.3 Å². The van der Waals surface area contributed by atoms with Crippen molar-refractivity contribution in [2.75, 3.05) is 6.61 Å². The van der Waals surface area contributed by atoms with Crippen LogP contribution in [0.4, 0.5) is 0 Å². The maximum Gasteiger partial charge on any atom is 0.348 e. The summed E-state index contributed by atoms with van der Waals surface area (Å²) in [6, 6.07) is 4.14. The van der Waals surface area contributed by atoms with Gasteiger partial charge in [-0.15, -0.1) is 11.3 Å². The summed E-state index contributed by atoms with van der Waals surface area (Å²) in [5.74, 6) is -0.196. The number of ether oxygens (including phenoxy) is 1. The van der Waals surface area contributed by atoms with Gasteiger partial charge >= 0.3 is 5.97 Å². The maximum atomic E-state index is 12.2. The van der Waals surface area contributed by atoms with Gasteiger partial charge in [-0.2, -0.15) is 5.26 Å². The van der Waals surface area contributed by atoms with Crippen LogP contribution in [0, 0.1) is 17.2 Å². The number of hydrogen-bond acceptors (Lipinski definition) is 5. The van der Waals surface area contributed by atoms with E-state index in [2.05, 4.69) is 18.3 Å². The molecule has 0 unspecified atom stereocenters. The zero-order valence-electron chi connectivity index (χ0n) is 14.6. The number of fused-ring (bicyclic) bond motifs is 1. The third kappa shape index (κ3) is 4.21. The molecule has 2 aliphatic rings. The summed E-state index contributed by atoms with van der Waals surface area (Å²) in [5.41, 5.74) is 0.450. The van der Waals surface area contributed by atoms with Gasteiger partial charge in [0.15, 0.2) is 6.61 Å². The van der Waals surface area contributed by atoms with Gasteiger partial charge in [0.25, 0.3) is 5.91 Å². The second-order valence-electron chi connectivity index (χ2n) is 7.29. The molecular formula is C19H24N2O3S. The Hall–Kier alpha value is -1.87. The quantitative estimate of drug-likeness (QED) is 0.835. The largest absolute Gasteiger partial charge is 0.451 e. The zero-order chi connectivity index (χ0) is 17.9. The fourth-order valence-electron chi connectivity index (χ4n) is 3.73. The van der Waals surface area contributed by atoms with Crippen molar-refractivity contribution in [1.82, 2.24) is 5.32 Å². The molecule has 1 aromatic rings. The molecule has 1 saturated carbocycles. The molecule has 1 aromatic heterocycles. The van der Waals surface area contributed by atoms with Crippen molar-refractivity contribution >= 4 is 23.2 Å². The number of thiophene rings is 1. The number of nitriles is 1. The Morgan fingerprint density at radius 3 is 2.88 bits per heavy atom. The van der Waals surface area contributed by atoms with Crippen molar-refractivity contribution in [1.29, 1.82) is 5.26 Å². The number of carbonyl (C=O) groups excluding carboxylic acids is 2. The van der Waals surface area contributed by atoms with Crippen LogP contribution in [0.25, 0.3) is 0 Å². The number of esters is 1. The average molecular weight is 360 g/mol. The lowest BCUT2D eigenvalue weighted by atomic mass is 9.83. The molecule has 25 heavy (non-hydrogen) atoms. The highest BCUT2D eigenvalue weighted by Gasteiger charge is 2.33. The van der Waals surface area contributed by atoms with Crippen LogP contribution in [-0.2, 0) is 22.4 Å².